The van der Waals surface area contributed by atoms with Crippen LogP contribution in [-0.4, -0.2) is 34.0 Å². The van der Waals surface area contributed by atoms with E-state index in [1.54, 1.807) is 37.3 Å². The van der Waals surface area contributed by atoms with Gasteiger partial charge in [-0.05, 0) is 48.2 Å². The summed E-state index contributed by atoms with van der Waals surface area (Å²) in [6.07, 6.45) is -4.88. The molecule has 1 aliphatic heterocycles. The molecule has 2 heterocycles. The first kappa shape index (κ1) is 27.8. The number of benzene rings is 2. The fraction of sp³-hybridized carbons (Fsp3) is 0.269. The maximum atomic E-state index is 13.5. The molecule has 1 fully saturated rings. The summed E-state index contributed by atoms with van der Waals surface area (Å²) in [4.78, 5) is 40.9. The summed E-state index contributed by atoms with van der Waals surface area (Å²) in [6.45, 7) is 5.69. The Morgan fingerprint density at radius 2 is 1.57 bits per heavy atom. The molecule has 1 saturated heterocycles. The summed E-state index contributed by atoms with van der Waals surface area (Å²) in [7, 11) is 0. The van der Waals surface area contributed by atoms with Gasteiger partial charge in [-0.2, -0.15) is 5.10 Å². The zero-order valence-corrected chi connectivity index (χ0v) is 20.8. The average Bonchev–Trinajstić information content (AvgIpc) is 3.09. The summed E-state index contributed by atoms with van der Waals surface area (Å²) >= 11 is 0. The minimum atomic E-state index is -4.88. The Labute approximate surface area is 217 Å². The average molecular weight is 534 g/mol. The number of anilines is 1. The zero-order chi connectivity index (χ0) is 26.2. The van der Waals surface area contributed by atoms with E-state index in [-0.39, 0.29) is 35.3 Å². The highest BCUT2D eigenvalue weighted by Crippen LogP contribution is 2.41. The van der Waals surface area contributed by atoms with Crippen molar-refractivity contribution in [2.24, 2.45) is 5.92 Å². The minimum Gasteiger partial charge on any atom is -0.406 e. The van der Waals surface area contributed by atoms with Crippen molar-refractivity contribution < 1.29 is 32.3 Å². The van der Waals surface area contributed by atoms with E-state index in [0.717, 1.165) is 22.6 Å². The van der Waals surface area contributed by atoms with E-state index in [4.69, 9.17) is 0 Å². The summed E-state index contributed by atoms with van der Waals surface area (Å²) < 4.78 is 41.8. The standard InChI is InChI=1S/C26H22F3N3O4.ClH/c1-14(2)16-5-7-18(8-6-16)23(33)21-22(17-9-11-19(12-10-17)36-26(27,28)29)32(25(35)24(21)34)20-13-4-15(3)30-31-20;/h4-14,21-22H,1-3H3;1H. The summed E-state index contributed by atoms with van der Waals surface area (Å²) in [5, 5.41) is 7.94. The lowest BCUT2D eigenvalue weighted by Gasteiger charge is -2.26. The maximum absolute atomic E-state index is 13.5. The zero-order valence-electron chi connectivity index (χ0n) is 20.0. The molecular formula is C26H23ClF3N3O4. The highest BCUT2D eigenvalue weighted by molar-refractivity contribution is 6.48. The number of alkyl halides is 3. The number of amides is 1. The lowest BCUT2D eigenvalue weighted by molar-refractivity contribution is -0.274. The number of halogens is 4. The summed E-state index contributed by atoms with van der Waals surface area (Å²) in [5.74, 6) is -4.10. The highest BCUT2D eigenvalue weighted by atomic mass is 35.5. The van der Waals surface area contributed by atoms with Gasteiger partial charge >= 0.3 is 6.36 Å². The SMILES string of the molecule is Cc1ccc(N2C(=O)C(=O)C(C(=O)c3ccc(C(C)C)cc3)C2c2ccc(OC(F)(F)F)cc2)nn1.Cl. The molecule has 2 atom stereocenters. The van der Waals surface area contributed by atoms with Crippen LogP contribution in [0.4, 0.5) is 19.0 Å². The van der Waals surface area contributed by atoms with E-state index in [1.807, 2.05) is 13.8 Å². The molecule has 0 radical (unpaired) electrons. The third-order valence-electron chi connectivity index (χ3n) is 5.94. The third-order valence-corrected chi connectivity index (χ3v) is 5.94. The maximum Gasteiger partial charge on any atom is 0.573 e. The van der Waals surface area contributed by atoms with Gasteiger partial charge in [0, 0.05) is 5.56 Å². The van der Waals surface area contributed by atoms with Crippen molar-refractivity contribution in [2.75, 3.05) is 4.90 Å². The Kier molecular flexibility index (Phi) is 8.02. The van der Waals surface area contributed by atoms with E-state index in [9.17, 15) is 27.6 Å². The van der Waals surface area contributed by atoms with Gasteiger partial charge in [0.05, 0.1) is 11.7 Å². The molecule has 0 N–H and O–H groups in total. The van der Waals surface area contributed by atoms with Gasteiger partial charge in [0.15, 0.2) is 11.6 Å². The molecule has 2 unspecified atom stereocenters. The van der Waals surface area contributed by atoms with Gasteiger partial charge in [0.25, 0.3) is 5.91 Å². The Balaban J connectivity index is 0.00000380. The predicted octanol–water partition coefficient (Wildman–Crippen LogP) is 5.38. The van der Waals surface area contributed by atoms with E-state index in [1.165, 1.54) is 18.2 Å². The smallest absolute Gasteiger partial charge is 0.406 e. The summed E-state index contributed by atoms with van der Waals surface area (Å²) in [5.41, 5.74) is 2.07. The monoisotopic (exact) mass is 533 g/mol. The lowest BCUT2D eigenvalue weighted by Crippen LogP contribution is -2.31. The number of ether oxygens (including phenoxy) is 1. The molecule has 7 nitrogen and oxygen atoms in total. The predicted molar refractivity (Wildman–Crippen MR) is 131 cm³/mol. The second kappa shape index (κ2) is 10.7. The van der Waals surface area contributed by atoms with Crippen LogP contribution >= 0.6 is 12.4 Å². The van der Waals surface area contributed by atoms with Crippen molar-refractivity contribution in [3.8, 4) is 5.75 Å². The van der Waals surface area contributed by atoms with Crippen LogP contribution in [0.3, 0.4) is 0 Å². The molecule has 2 aromatic carbocycles. The molecule has 11 heteroatoms. The van der Waals surface area contributed by atoms with Crippen LogP contribution in [0.1, 0.15) is 53.0 Å². The molecule has 194 valence electrons. The van der Waals surface area contributed by atoms with Crippen molar-refractivity contribution in [3.05, 3.63) is 83.0 Å². The molecule has 0 bridgehead atoms. The van der Waals surface area contributed by atoms with Crippen molar-refractivity contribution in [2.45, 2.75) is 39.1 Å². The number of rotatable bonds is 6. The molecule has 1 aliphatic rings. The Morgan fingerprint density at radius 1 is 0.946 bits per heavy atom. The molecule has 37 heavy (non-hydrogen) atoms. The van der Waals surface area contributed by atoms with E-state index < -0.39 is 41.5 Å². The molecule has 0 saturated carbocycles. The van der Waals surface area contributed by atoms with Gasteiger partial charge in [-0.3, -0.25) is 19.3 Å². The number of ketones is 2. The molecule has 1 aromatic heterocycles. The van der Waals surface area contributed by atoms with Crippen LogP contribution in [0, 0.1) is 12.8 Å². The largest absolute Gasteiger partial charge is 0.573 e. The van der Waals surface area contributed by atoms with Gasteiger partial charge in [-0.1, -0.05) is 50.2 Å². The number of hydrogen-bond donors (Lipinski definition) is 0. The first-order chi connectivity index (χ1) is 17.0. The number of aromatic nitrogens is 2. The van der Waals surface area contributed by atoms with E-state index >= 15 is 0 Å². The number of Topliss-reactive ketones (excluding diaryl/α,β-unsaturated/α-hetero) is 2. The normalized spacial score (nSPS) is 17.6. The van der Waals surface area contributed by atoms with Gasteiger partial charge in [-0.15, -0.1) is 30.7 Å². The van der Waals surface area contributed by atoms with Gasteiger partial charge in [0.1, 0.15) is 11.7 Å². The van der Waals surface area contributed by atoms with Crippen LogP contribution in [0.5, 0.6) is 5.75 Å². The van der Waals surface area contributed by atoms with Crippen LogP contribution in [0.25, 0.3) is 0 Å². The van der Waals surface area contributed by atoms with Gasteiger partial charge in [0.2, 0.25) is 5.78 Å². The van der Waals surface area contributed by atoms with E-state index in [0.29, 0.717) is 5.69 Å². The molecule has 0 spiro atoms. The van der Waals surface area contributed by atoms with Crippen molar-refractivity contribution in [3.63, 3.8) is 0 Å². The fourth-order valence-electron chi connectivity index (χ4n) is 4.12. The molecule has 3 aromatic rings. The van der Waals surface area contributed by atoms with Crippen LogP contribution in [-0.2, 0) is 9.59 Å². The minimum absolute atomic E-state index is 0. The van der Waals surface area contributed by atoms with Crippen molar-refractivity contribution in [1.29, 1.82) is 0 Å². The topological polar surface area (TPSA) is 89.5 Å². The second-order valence-corrected chi connectivity index (χ2v) is 8.75. The molecule has 4 rings (SSSR count). The van der Waals surface area contributed by atoms with Gasteiger partial charge in [-0.25, -0.2) is 0 Å². The Bertz CT molecular complexity index is 1290. The fourth-order valence-corrected chi connectivity index (χ4v) is 4.12. The quantitative estimate of drug-likeness (QED) is 0.240. The molecular weight excluding hydrogens is 511 g/mol. The third kappa shape index (κ3) is 5.80. The van der Waals surface area contributed by atoms with Crippen LogP contribution in [0.15, 0.2) is 60.7 Å². The molecule has 1 amide bonds. The number of nitrogens with zero attached hydrogens (tertiary/aromatic N) is 3. The van der Waals surface area contributed by atoms with Crippen LogP contribution in [0.2, 0.25) is 0 Å². The van der Waals surface area contributed by atoms with Crippen molar-refractivity contribution in [1.82, 2.24) is 10.2 Å². The number of aryl methyl sites for hydroxylation is 1. The first-order valence-electron chi connectivity index (χ1n) is 11.1. The Hall–Kier alpha value is -3.79. The Morgan fingerprint density at radius 3 is 2.08 bits per heavy atom. The van der Waals surface area contributed by atoms with Crippen LogP contribution < -0.4 is 9.64 Å². The highest BCUT2D eigenvalue weighted by Gasteiger charge is 2.53. The number of carbonyl (C=O) groups excluding carboxylic acids is 3. The number of hydrogen-bond acceptors (Lipinski definition) is 6. The van der Waals surface area contributed by atoms with Gasteiger partial charge < -0.3 is 4.74 Å². The molecule has 0 aliphatic carbocycles. The lowest BCUT2D eigenvalue weighted by atomic mass is 9.86. The van der Waals surface area contributed by atoms with E-state index in [2.05, 4.69) is 14.9 Å². The second-order valence-electron chi connectivity index (χ2n) is 8.75. The first-order valence-corrected chi connectivity index (χ1v) is 11.1. The summed E-state index contributed by atoms with van der Waals surface area (Å²) in [6, 6.07) is 13.4. The van der Waals surface area contributed by atoms with Crippen molar-refractivity contribution >= 4 is 35.7 Å². The number of carbonyl (C=O) groups is 3.